The van der Waals surface area contributed by atoms with Gasteiger partial charge < -0.3 is 20.2 Å². The lowest BCUT2D eigenvalue weighted by atomic mass is 9.98. The number of hydrogen-bond acceptors (Lipinski definition) is 4. The van der Waals surface area contributed by atoms with Crippen LogP contribution >= 0.6 is 0 Å². The van der Waals surface area contributed by atoms with E-state index >= 15 is 0 Å². The lowest BCUT2D eigenvalue weighted by molar-refractivity contribution is -0.145. The lowest BCUT2D eigenvalue weighted by Gasteiger charge is -2.39. The summed E-state index contributed by atoms with van der Waals surface area (Å²) in [6.07, 6.45) is 2.26. The number of carboxylic acids is 1. The molecule has 0 amide bonds. The maximum atomic E-state index is 11.3. The van der Waals surface area contributed by atoms with Gasteiger partial charge >= 0.3 is 5.97 Å². The summed E-state index contributed by atoms with van der Waals surface area (Å²) in [6, 6.07) is 0.500. The maximum Gasteiger partial charge on any atom is 0.324 e. The van der Waals surface area contributed by atoms with Crippen LogP contribution in [0.15, 0.2) is 0 Å². The number of carbonyl (C=O) groups is 1. The van der Waals surface area contributed by atoms with Gasteiger partial charge in [0.25, 0.3) is 0 Å². The van der Waals surface area contributed by atoms with Crippen molar-refractivity contribution in [2.75, 3.05) is 40.3 Å². The number of rotatable bonds is 6. The fourth-order valence-electron chi connectivity index (χ4n) is 2.56. The Morgan fingerprint density at radius 1 is 1.50 bits per heavy atom. The monoisotopic (exact) mass is 257 g/mol. The van der Waals surface area contributed by atoms with Gasteiger partial charge in [-0.05, 0) is 53.5 Å². The molecule has 1 heterocycles. The number of likely N-dealkylation sites (N-methyl/N-ethyl adjacent to an activating group) is 2. The van der Waals surface area contributed by atoms with Crippen LogP contribution in [0.4, 0.5) is 0 Å². The van der Waals surface area contributed by atoms with Gasteiger partial charge in [-0.1, -0.05) is 6.92 Å². The van der Waals surface area contributed by atoms with Crippen LogP contribution < -0.4 is 5.32 Å². The quantitative estimate of drug-likeness (QED) is 0.724. The van der Waals surface area contributed by atoms with E-state index in [9.17, 15) is 9.90 Å². The Kier molecular flexibility index (Phi) is 5.56. The van der Waals surface area contributed by atoms with Gasteiger partial charge in [-0.3, -0.25) is 4.79 Å². The third-order valence-electron chi connectivity index (χ3n) is 4.22. The third-order valence-corrected chi connectivity index (χ3v) is 4.22. The first-order valence-electron chi connectivity index (χ1n) is 6.78. The van der Waals surface area contributed by atoms with Gasteiger partial charge in [0, 0.05) is 12.6 Å². The fourth-order valence-corrected chi connectivity index (χ4v) is 2.56. The standard InChI is InChI=1S/C13H27N3O2/c1-5-16-8-6-11(7-9-16)15(4)10-13(2,14-3)12(17)18/h11,14H,5-10H2,1-4H3,(H,17,18). The Morgan fingerprint density at radius 3 is 2.44 bits per heavy atom. The van der Waals surface area contributed by atoms with Gasteiger partial charge in [-0.2, -0.15) is 0 Å². The first-order chi connectivity index (χ1) is 8.42. The minimum absolute atomic E-state index is 0.500. The lowest BCUT2D eigenvalue weighted by Crippen LogP contribution is -2.57. The van der Waals surface area contributed by atoms with Crippen molar-refractivity contribution in [3.8, 4) is 0 Å². The largest absolute Gasteiger partial charge is 0.480 e. The molecule has 2 N–H and O–H groups in total. The summed E-state index contributed by atoms with van der Waals surface area (Å²) in [6.45, 7) is 7.82. The number of nitrogens with zero attached hydrogens (tertiary/aromatic N) is 2. The van der Waals surface area contributed by atoms with E-state index < -0.39 is 11.5 Å². The van der Waals surface area contributed by atoms with Crippen molar-refractivity contribution in [2.45, 2.75) is 38.3 Å². The van der Waals surface area contributed by atoms with Crippen molar-refractivity contribution in [3.63, 3.8) is 0 Å². The first-order valence-corrected chi connectivity index (χ1v) is 6.78. The van der Waals surface area contributed by atoms with Crippen LogP contribution in [-0.2, 0) is 4.79 Å². The minimum Gasteiger partial charge on any atom is -0.480 e. The highest BCUT2D eigenvalue weighted by Crippen LogP contribution is 2.17. The van der Waals surface area contributed by atoms with Crippen LogP contribution in [0.3, 0.4) is 0 Å². The van der Waals surface area contributed by atoms with Crippen LogP contribution in [0.2, 0.25) is 0 Å². The van der Waals surface area contributed by atoms with Crippen LogP contribution in [-0.4, -0.2) is 72.7 Å². The molecule has 1 saturated heterocycles. The SMILES string of the molecule is CCN1CCC(N(C)CC(C)(NC)C(=O)O)CC1. The van der Waals surface area contributed by atoms with Gasteiger partial charge in [0.1, 0.15) is 5.54 Å². The fraction of sp³-hybridized carbons (Fsp3) is 0.923. The molecule has 0 aromatic heterocycles. The molecule has 1 unspecified atom stereocenters. The van der Waals surface area contributed by atoms with E-state index in [4.69, 9.17) is 0 Å². The maximum absolute atomic E-state index is 11.3. The van der Waals surface area contributed by atoms with E-state index in [1.807, 2.05) is 7.05 Å². The molecule has 5 heteroatoms. The molecule has 0 spiro atoms. The first kappa shape index (κ1) is 15.4. The molecule has 0 saturated carbocycles. The molecule has 1 aliphatic heterocycles. The molecule has 0 aromatic rings. The molecular formula is C13H27N3O2. The van der Waals surface area contributed by atoms with Crippen molar-refractivity contribution in [1.29, 1.82) is 0 Å². The van der Waals surface area contributed by atoms with Gasteiger partial charge in [-0.25, -0.2) is 0 Å². The molecule has 0 radical (unpaired) electrons. The summed E-state index contributed by atoms with van der Waals surface area (Å²) >= 11 is 0. The second-order valence-corrected chi connectivity index (χ2v) is 5.47. The van der Waals surface area contributed by atoms with Crippen LogP contribution in [0.1, 0.15) is 26.7 Å². The Morgan fingerprint density at radius 2 is 2.06 bits per heavy atom. The molecule has 0 bridgehead atoms. The average molecular weight is 257 g/mol. The predicted octanol–water partition coefficient (Wildman–Crippen LogP) is 0.465. The molecule has 0 aromatic carbocycles. The third kappa shape index (κ3) is 3.67. The second kappa shape index (κ2) is 6.50. The van der Waals surface area contributed by atoms with Crippen molar-refractivity contribution in [2.24, 2.45) is 0 Å². The highest BCUT2D eigenvalue weighted by molar-refractivity contribution is 5.78. The molecular weight excluding hydrogens is 230 g/mol. The van der Waals surface area contributed by atoms with E-state index in [0.717, 1.165) is 32.5 Å². The van der Waals surface area contributed by atoms with Gasteiger partial charge in [-0.15, -0.1) is 0 Å². The summed E-state index contributed by atoms with van der Waals surface area (Å²) in [5, 5.41) is 12.2. The van der Waals surface area contributed by atoms with Crippen LogP contribution in [0.5, 0.6) is 0 Å². The second-order valence-electron chi connectivity index (χ2n) is 5.47. The zero-order chi connectivity index (χ0) is 13.8. The zero-order valence-corrected chi connectivity index (χ0v) is 12.1. The normalized spacial score (nSPS) is 22.1. The molecule has 18 heavy (non-hydrogen) atoms. The van der Waals surface area contributed by atoms with E-state index in [1.54, 1.807) is 14.0 Å². The number of piperidine rings is 1. The van der Waals surface area contributed by atoms with Crippen molar-refractivity contribution < 1.29 is 9.90 Å². The van der Waals surface area contributed by atoms with E-state index in [-0.39, 0.29) is 0 Å². The Hall–Kier alpha value is -0.650. The number of aliphatic carboxylic acids is 1. The van der Waals surface area contributed by atoms with Crippen molar-refractivity contribution >= 4 is 5.97 Å². The Balaban J connectivity index is 2.50. The highest BCUT2D eigenvalue weighted by atomic mass is 16.4. The number of hydrogen-bond donors (Lipinski definition) is 2. The minimum atomic E-state index is -0.864. The van der Waals surface area contributed by atoms with Crippen LogP contribution in [0, 0.1) is 0 Å². The summed E-state index contributed by atoms with van der Waals surface area (Å²) in [4.78, 5) is 15.9. The summed E-state index contributed by atoms with van der Waals surface area (Å²) < 4.78 is 0. The van der Waals surface area contributed by atoms with Gasteiger partial charge in [0.05, 0.1) is 0 Å². The van der Waals surface area contributed by atoms with Crippen LogP contribution in [0.25, 0.3) is 0 Å². The van der Waals surface area contributed by atoms with Gasteiger partial charge in [0.2, 0.25) is 0 Å². The number of nitrogens with one attached hydrogen (secondary N) is 1. The molecule has 1 aliphatic rings. The average Bonchev–Trinajstić information content (AvgIpc) is 2.38. The molecule has 1 fully saturated rings. The molecule has 5 nitrogen and oxygen atoms in total. The number of carboxylic acid groups (broad SMARTS) is 1. The van der Waals surface area contributed by atoms with E-state index in [2.05, 4.69) is 22.0 Å². The predicted molar refractivity (Wildman–Crippen MR) is 72.9 cm³/mol. The highest BCUT2D eigenvalue weighted by Gasteiger charge is 2.34. The molecule has 1 atom stereocenters. The molecule has 106 valence electrons. The topological polar surface area (TPSA) is 55.8 Å². The van der Waals surface area contributed by atoms with Crippen molar-refractivity contribution in [1.82, 2.24) is 15.1 Å². The Labute approximate surface area is 110 Å². The zero-order valence-electron chi connectivity index (χ0n) is 12.1. The summed E-state index contributed by atoms with van der Waals surface area (Å²) in [5.41, 5.74) is -0.864. The number of likely N-dealkylation sites (tertiary alicyclic amines) is 1. The smallest absolute Gasteiger partial charge is 0.324 e. The van der Waals surface area contributed by atoms with Gasteiger partial charge in [0.15, 0.2) is 0 Å². The summed E-state index contributed by atoms with van der Waals surface area (Å²) in [5.74, 6) is -0.789. The van der Waals surface area contributed by atoms with E-state index in [1.165, 1.54) is 0 Å². The van der Waals surface area contributed by atoms with Crippen molar-refractivity contribution in [3.05, 3.63) is 0 Å². The van der Waals surface area contributed by atoms with E-state index in [0.29, 0.717) is 12.6 Å². The summed E-state index contributed by atoms with van der Waals surface area (Å²) in [7, 11) is 3.74. The Bertz CT molecular complexity index is 277. The molecule has 1 rings (SSSR count). The molecule has 0 aliphatic carbocycles.